The van der Waals surface area contributed by atoms with Crippen LogP contribution in [0.2, 0.25) is 0 Å². The number of hydrogen-bond donors (Lipinski definition) is 1. The van der Waals surface area contributed by atoms with Gasteiger partial charge in [-0.05, 0) is 12.0 Å². The lowest BCUT2D eigenvalue weighted by molar-refractivity contribution is 0.852. The summed E-state index contributed by atoms with van der Waals surface area (Å²) in [5.74, 6) is 2.18. The fourth-order valence-corrected chi connectivity index (χ4v) is 2.43. The fourth-order valence-electron chi connectivity index (χ4n) is 1.65. The molecule has 0 aliphatic rings. The van der Waals surface area contributed by atoms with Crippen LogP contribution in [0.25, 0.3) is 0 Å². The molecule has 1 N–H and O–H groups in total. The minimum atomic E-state index is 0.645. The molecule has 1 aromatic heterocycles. The lowest BCUT2D eigenvalue weighted by atomic mass is 10.2. The standard InChI is InChI=1S/C15H21N5S/c1-4-10-16-13-17-14(20(2)3)19-15(18-13)21-11-12-8-6-5-7-9-12/h5-9H,4,10-11H2,1-3H3,(H,16,17,18,19). The number of nitrogens with zero attached hydrogens (tertiary/aromatic N) is 4. The van der Waals surface area contributed by atoms with Crippen LogP contribution in [0.1, 0.15) is 18.9 Å². The number of nitrogens with one attached hydrogen (secondary N) is 1. The van der Waals surface area contributed by atoms with Gasteiger partial charge in [0.05, 0.1) is 0 Å². The molecule has 0 spiro atoms. The summed E-state index contributed by atoms with van der Waals surface area (Å²) in [4.78, 5) is 15.3. The monoisotopic (exact) mass is 303 g/mol. The predicted octanol–water partition coefficient (Wildman–Crippen LogP) is 3.05. The Labute approximate surface area is 130 Å². The van der Waals surface area contributed by atoms with Gasteiger partial charge >= 0.3 is 0 Å². The van der Waals surface area contributed by atoms with Crippen molar-refractivity contribution in [3.05, 3.63) is 35.9 Å². The summed E-state index contributed by atoms with van der Waals surface area (Å²) in [7, 11) is 3.87. The van der Waals surface area contributed by atoms with Crippen LogP contribution in [-0.4, -0.2) is 35.6 Å². The molecule has 0 bridgehead atoms. The van der Waals surface area contributed by atoms with Crippen LogP contribution in [-0.2, 0) is 5.75 Å². The third kappa shape index (κ3) is 4.90. The van der Waals surface area contributed by atoms with Gasteiger partial charge in [0.2, 0.25) is 11.9 Å². The Morgan fingerprint density at radius 3 is 2.52 bits per heavy atom. The Hall–Kier alpha value is -1.82. The number of anilines is 2. The normalized spacial score (nSPS) is 10.4. The van der Waals surface area contributed by atoms with E-state index in [1.807, 2.05) is 37.2 Å². The Morgan fingerprint density at radius 1 is 1.10 bits per heavy atom. The Balaban J connectivity index is 2.11. The van der Waals surface area contributed by atoms with E-state index in [1.165, 1.54) is 5.56 Å². The quantitative estimate of drug-likeness (QED) is 0.793. The zero-order chi connectivity index (χ0) is 15.1. The maximum Gasteiger partial charge on any atom is 0.230 e. The Kier molecular flexibility index (Phi) is 5.80. The molecule has 0 saturated carbocycles. The third-order valence-electron chi connectivity index (χ3n) is 2.75. The van der Waals surface area contributed by atoms with E-state index in [1.54, 1.807) is 11.8 Å². The summed E-state index contributed by atoms with van der Waals surface area (Å²) in [5, 5.41) is 3.97. The van der Waals surface area contributed by atoms with E-state index in [9.17, 15) is 0 Å². The molecule has 0 unspecified atom stereocenters. The van der Waals surface area contributed by atoms with Gasteiger partial charge in [0, 0.05) is 26.4 Å². The summed E-state index contributed by atoms with van der Waals surface area (Å²) in [5.41, 5.74) is 1.26. The molecule has 5 nitrogen and oxygen atoms in total. The molecular weight excluding hydrogens is 282 g/mol. The van der Waals surface area contributed by atoms with Crippen LogP contribution in [0.5, 0.6) is 0 Å². The van der Waals surface area contributed by atoms with Gasteiger partial charge in [-0.25, -0.2) is 0 Å². The smallest absolute Gasteiger partial charge is 0.230 e. The minimum Gasteiger partial charge on any atom is -0.354 e. The first-order chi connectivity index (χ1) is 10.2. The average molecular weight is 303 g/mol. The zero-order valence-corrected chi connectivity index (χ0v) is 13.5. The van der Waals surface area contributed by atoms with Crippen molar-refractivity contribution < 1.29 is 0 Å². The highest BCUT2D eigenvalue weighted by Gasteiger charge is 2.08. The highest BCUT2D eigenvalue weighted by molar-refractivity contribution is 7.98. The largest absolute Gasteiger partial charge is 0.354 e. The predicted molar refractivity (Wildman–Crippen MR) is 88.9 cm³/mol. The number of rotatable bonds is 7. The first kappa shape index (κ1) is 15.6. The molecule has 0 amide bonds. The second-order valence-corrected chi connectivity index (χ2v) is 5.78. The lowest BCUT2D eigenvalue weighted by Crippen LogP contribution is -2.16. The van der Waals surface area contributed by atoms with Gasteiger partial charge in [0.1, 0.15) is 0 Å². The molecule has 0 saturated heterocycles. The van der Waals surface area contributed by atoms with Crippen LogP contribution in [0.4, 0.5) is 11.9 Å². The molecule has 0 fully saturated rings. The van der Waals surface area contributed by atoms with Gasteiger partial charge in [-0.1, -0.05) is 49.0 Å². The van der Waals surface area contributed by atoms with Crippen molar-refractivity contribution in [2.75, 3.05) is 30.9 Å². The van der Waals surface area contributed by atoms with Crippen molar-refractivity contribution >= 4 is 23.7 Å². The van der Waals surface area contributed by atoms with Crippen molar-refractivity contribution in [1.82, 2.24) is 15.0 Å². The summed E-state index contributed by atoms with van der Waals surface area (Å²) >= 11 is 1.62. The lowest BCUT2D eigenvalue weighted by Gasteiger charge is -2.13. The molecule has 6 heteroatoms. The van der Waals surface area contributed by atoms with E-state index in [0.717, 1.165) is 23.9 Å². The first-order valence-electron chi connectivity index (χ1n) is 7.03. The first-order valence-corrected chi connectivity index (χ1v) is 8.01. The van der Waals surface area contributed by atoms with Crippen LogP contribution < -0.4 is 10.2 Å². The summed E-state index contributed by atoms with van der Waals surface area (Å²) in [6.07, 6.45) is 1.04. The van der Waals surface area contributed by atoms with Crippen LogP contribution in [0, 0.1) is 0 Å². The molecule has 2 rings (SSSR count). The molecule has 21 heavy (non-hydrogen) atoms. The van der Waals surface area contributed by atoms with Crippen molar-refractivity contribution in [3.8, 4) is 0 Å². The maximum absolute atomic E-state index is 4.48. The molecule has 0 atom stereocenters. The van der Waals surface area contributed by atoms with Gasteiger partial charge in [0.15, 0.2) is 5.16 Å². The van der Waals surface area contributed by atoms with E-state index < -0.39 is 0 Å². The molecule has 112 valence electrons. The number of aromatic nitrogens is 3. The fraction of sp³-hybridized carbons (Fsp3) is 0.400. The molecule has 0 radical (unpaired) electrons. The van der Waals surface area contributed by atoms with Gasteiger partial charge in [-0.15, -0.1) is 0 Å². The van der Waals surface area contributed by atoms with Crippen molar-refractivity contribution in [3.63, 3.8) is 0 Å². The average Bonchev–Trinajstić information content (AvgIpc) is 2.51. The van der Waals surface area contributed by atoms with Gasteiger partial charge in [-0.2, -0.15) is 15.0 Å². The van der Waals surface area contributed by atoms with E-state index in [0.29, 0.717) is 11.9 Å². The van der Waals surface area contributed by atoms with Crippen molar-refractivity contribution in [1.29, 1.82) is 0 Å². The van der Waals surface area contributed by atoms with Crippen LogP contribution in [0.3, 0.4) is 0 Å². The highest BCUT2D eigenvalue weighted by atomic mass is 32.2. The minimum absolute atomic E-state index is 0.645. The second kappa shape index (κ2) is 7.83. The maximum atomic E-state index is 4.48. The third-order valence-corrected chi connectivity index (χ3v) is 3.67. The SMILES string of the molecule is CCCNc1nc(SCc2ccccc2)nc(N(C)C)n1. The second-order valence-electron chi connectivity index (χ2n) is 4.84. The summed E-state index contributed by atoms with van der Waals surface area (Å²) in [6.45, 7) is 2.98. The Bertz CT molecular complexity index is 559. The van der Waals surface area contributed by atoms with Crippen LogP contribution in [0.15, 0.2) is 35.5 Å². The molecule has 1 aromatic carbocycles. The van der Waals surface area contributed by atoms with Crippen molar-refractivity contribution in [2.45, 2.75) is 24.3 Å². The van der Waals surface area contributed by atoms with E-state index in [2.05, 4.69) is 39.3 Å². The topological polar surface area (TPSA) is 53.9 Å². The highest BCUT2D eigenvalue weighted by Crippen LogP contribution is 2.21. The molecule has 0 aliphatic heterocycles. The van der Waals surface area contributed by atoms with E-state index in [-0.39, 0.29) is 0 Å². The summed E-state index contributed by atoms with van der Waals surface area (Å²) in [6, 6.07) is 10.3. The molecule has 0 aliphatic carbocycles. The molecule has 2 aromatic rings. The number of hydrogen-bond acceptors (Lipinski definition) is 6. The Morgan fingerprint density at radius 2 is 1.86 bits per heavy atom. The molecular formula is C15H21N5S. The van der Waals surface area contributed by atoms with Crippen LogP contribution >= 0.6 is 11.8 Å². The zero-order valence-electron chi connectivity index (χ0n) is 12.7. The van der Waals surface area contributed by atoms with Gasteiger partial charge in [0.25, 0.3) is 0 Å². The molecule has 1 heterocycles. The number of thioether (sulfide) groups is 1. The van der Waals surface area contributed by atoms with Crippen molar-refractivity contribution in [2.24, 2.45) is 0 Å². The van der Waals surface area contributed by atoms with Gasteiger partial charge < -0.3 is 10.2 Å². The van der Waals surface area contributed by atoms with E-state index in [4.69, 9.17) is 0 Å². The number of benzene rings is 1. The summed E-state index contributed by atoms with van der Waals surface area (Å²) < 4.78 is 0. The van der Waals surface area contributed by atoms with Gasteiger partial charge in [-0.3, -0.25) is 0 Å². The van der Waals surface area contributed by atoms with E-state index >= 15 is 0 Å².